The van der Waals surface area contributed by atoms with Gasteiger partial charge in [-0.05, 0) is 25.7 Å². The van der Waals surface area contributed by atoms with Crippen molar-refractivity contribution in [2.75, 3.05) is 13.2 Å². The molecule has 1 saturated carbocycles. The van der Waals surface area contributed by atoms with Crippen molar-refractivity contribution in [1.82, 2.24) is 5.32 Å². The second kappa shape index (κ2) is 5.62. The lowest BCUT2D eigenvalue weighted by Crippen LogP contribution is -2.82. The predicted molar refractivity (Wildman–Crippen MR) is 77.1 cm³/mol. The molecule has 0 bridgehead atoms. The standard InChI is InChI=1S/C15H28N2O3/c1-4-10(18)7-8-17-13(19)15(16)11-6-5-9-20-12(11)14(15,2)3/h10-12,18H,4-9,16H2,1-3H3,(H,17,19). The molecule has 0 aromatic rings. The highest BCUT2D eigenvalue weighted by Gasteiger charge is 2.70. The largest absolute Gasteiger partial charge is 0.393 e. The Morgan fingerprint density at radius 2 is 2.25 bits per heavy atom. The maximum Gasteiger partial charge on any atom is 0.241 e. The summed E-state index contributed by atoms with van der Waals surface area (Å²) in [5.74, 6) is 0.0138. The van der Waals surface area contributed by atoms with E-state index in [4.69, 9.17) is 10.5 Å². The molecular weight excluding hydrogens is 256 g/mol. The first-order chi connectivity index (χ1) is 9.35. The van der Waals surface area contributed by atoms with E-state index >= 15 is 0 Å². The average Bonchev–Trinajstić information content (AvgIpc) is 2.45. The van der Waals surface area contributed by atoms with Gasteiger partial charge in [0.2, 0.25) is 5.91 Å². The molecule has 116 valence electrons. The van der Waals surface area contributed by atoms with Gasteiger partial charge in [0.1, 0.15) is 5.54 Å². The van der Waals surface area contributed by atoms with Crippen LogP contribution in [0, 0.1) is 11.3 Å². The number of hydrogen-bond acceptors (Lipinski definition) is 4. The third-order valence-corrected chi connectivity index (χ3v) is 5.29. The number of nitrogens with two attached hydrogens (primary N) is 1. The zero-order valence-electron chi connectivity index (χ0n) is 12.8. The van der Waals surface area contributed by atoms with Gasteiger partial charge in [-0.3, -0.25) is 4.79 Å². The van der Waals surface area contributed by atoms with Gasteiger partial charge in [-0.1, -0.05) is 20.8 Å². The van der Waals surface area contributed by atoms with E-state index in [1.165, 1.54) is 0 Å². The van der Waals surface area contributed by atoms with Gasteiger partial charge in [0.15, 0.2) is 0 Å². The number of fused-ring (bicyclic) bond motifs is 1. The van der Waals surface area contributed by atoms with Crippen LogP contribution in [0.15, 0.2) is 0 Å². The zero-order valence-corrected chi connectivity index (χ0v) is 12.8. The number of carbonyl (C=O) groups excluding carboxylic acids is 1. The zero-order chi connectivity index (χ0) is 15.0. The van der Waals surface area contributed by atoms with Crippen LogP contribution in [0.1, 0.15) is 46.5 Å². The Bertz CT molecular complexity index is 372. The van der Waals surface area contributed by atoms with Crippen molar-refractivity contribution >= 4 is 5.91 Å². The fourth-order valence-electron chi connectivity index (χ4n) is 3.74. The second-order valence-electron chi connectivity index (χ2n) is 6.74. The Morgan fingerprint density at radius 1 is 1.55 bits per heavy atom. The number of nitrogens with one attached hydrogen (secondary N) is 1. The van der Waals surface area contributed by atoms with Crippen LogP contribution in [0.5, 0.6) is 0 Å². The maximum absolute atomic E-state index is 12.5. The lowest BCUT2D eigenvalue weighted by molar-refractivity contribution is -0.225. The Labute approximate surface area is 121 Å². The number of hydrogen-bond donors (Lipinski definition) is 3. The van der Waals surface area contributed by atoms with E-state index in [9.17, 15) is 9.90 Å². The van der Waals surface area contributed by atoms with Crippen molar-refractivity contribution in [3.63, 3.8) is 0 Å². The molecule has 1 aliphatic carbocycles. The normalized spacial score (nSPS) is 36.6. The number of rotatable bonds is 5. The van der Waals surface area contributed by atoms with Crippen LogP contribution >= 0.6 is 0 Å². The van der Waals surface area contributed by atoms with Crippen LogP contribution in [0.25, 0.3) is 0 Å². The minimum Gasteiger partial charge on any atom is -0.393 e. The fourth-order valence-corrected chi connectivity index (χ4v) is 3.74. The van der Waals surface area contributed by atoms with Crippen molar-refractivity contribution in [3.05, 3.63) is 0 Å². The highest BCUT2D eigenvalue weighted by atomic mass is 16.5. The molecule has 4 N–H and O–H groups in total. The molecule has 1 heterocycles. The average molecular weight is 284 g/mol. The summed E-state index contributed by atoms with van der Waals surface area (Å²) >= 11 is 0. The van der Waals surface area contributed by atoms with E-state index in [-0.39, 0.29) is 29.4 Å². The molecule has 2 aliphatic rings. The van der Waals surface area contributed by atoms with E-state index in [1.54, 1.807) is 0 Å². The lowest BCUT2D eigenvalue weighted by Gasteiger charge is -2.65. The van der Waals surface area contributed by atoms with Crippen LogP contribution in [-0.2, 0) is 9.53 Å². The third kappa shape index (κ3) is 2.26. The van der Waals surface area contributed by atoms with Gasteiger partial charge in [0, 0.05) is 24.5 Å². The van der Waals surface area contributed by atoms with Crippen molar-refractivity contribution in [2.24, 2.45) is 17.1 Å². The molecule has 0 aromatic carbocycles. The predicted octanol–water partition coefficient (Wildman–Crippen LogP) is 0.796. The van der Waals surface area contributed by atoms with Gasteiger partial charge >= 0.3 is 0 Å². The Kier molecular flexibility index (Phi) is 4.42. The van der Waals surface area contributed by atoms with Crippen LogP contribution in [-0.4, -0.2) is 41.9 Å². The number of ether oxygens (including phenoxy) is 1. The number of aliphatic hydroxyl groups is 1. The topological polar surface area (TPSA) is 84.6 Å². The summed E-state index contributed by atoms with van der Waals surface area (Å²) in [5, 5.41) is 12.4. The second-order valence-corrected chi connectivity index (χ2v) is 6.74. The van der Waals surface area contributed by atoms with Crippen molar-refractivity contribution in [1.29, 1.82) is 0 Å². The van der Waals surface area contributed by atoms with Crippen LogP contribution in [0.3, 0.4) is 0 Å². The molecule has 20 heavy (non-hydrogen) atoms. The summed E-state index contributed by atoms with van der Waals surface area (Å²) in [6.07, 6.45) is 2.93. The molecule has 1 aliphatic heterocycles. The molecule has 4 unspecified atom stereocenters. The summed E-state index contributed by atoms with van der Waals surface area (Å²) in [4.78, 5) is 12.5. The molecular formula is C15H28N2O3. The minimum atomic E-state index is -0.852. The summed E-state index contributed by atoms with van der Waals surface area (Å²) in [5.41, 5.74) is 5.28. The van der Waals surface area contributed by atoms with Gasteiger partial charge in [-0.2, -0.15) is 0 Å². The monoisotopic (exact) mass is 284 g/mol. The van der Waals surface area contributed by atoms with Gasteiger partial charge in [0.25, 0.3) is 0 Å². The van der Waals surface area contributed by atoms with Crippen LogP contribution < -0.4 is 11.1 Å². The first-order valence-corrected chi connectivity index (χ1v) is 7.72. The molecule has 0 radical (unpaired) electrons. The summed E-state index contributed by atoms with van der Waals surface area (Å²) in [6.45, 7) is 7.20. The maximum atomic E-state index is 12.5. The van der Waals surface area contributed by atoms with Gasteiger partial charge < -0.3 is 20.9 Å². The van der Waals surface area contributed by atoms with Gasteiger partial charge in [0.05, 0.1) is 12.2 Å². The first kappa shape index (κ1) is 15.7. The Balaban J connectivity index is 1.97. The summed E-state index contributed by atoms with van der Waals surface area (Å²) in [7, 11) is 0. The Hall–Kier alpha value is -0.650. The van der Waals surface area contributed by atoms with E-state index in [0.717, 1.165) is 19.4 Å². The Morgan fingerprint density at radius 3 is 2.90 bits per heavy atom. The van der Waals surface area contributed by atoms with Gasteiger partial charge in [-0.15, -0.1) is 0 Å². The number of carbonyl (C=O) groups is 1. The smallest absolute Gasteiger partial charge is 0.241 e. The molecule has 2 rings (SSSR count). The first-order valence-electron chi connectivity index (χ1n) is 7.72. The molecule has 1 amide bonds. The molecule has 5 heteroatoms. The van der Waals surface area contributed by atoms with Gasteiger partial charge in [-0.25, -0.2) is 0 Å². The number of amides is 1. The summed E-state index contributed by atoms with van der Waals surface area (Å²) in [6, 6.07) is 0. The van der Waals surface area contributed by atoms with Crippen molar-refractivity contribution in [2.45, 2.75) is 64.2 Å². The van der Waals surface area contributed by atoms with Crippen LogP contribution in [0.4, 0.5) is 0 Å². The highest BCUT2D eigenvalue weighted by molar-refractivity contribution is 5.89. The quantitative estimate of drug-likeness (QED) is 0.697. The molecule has 2 fully saturated rings. The SMILES string of the molecule is CCC(O)CCNC(=O)C1(N)C2CCCOC2C1(C)C. The lowest BCUT2D eigenvalue weighted by atomic mass is 9.46. The van der Waals surface area contributed by atoms with E-state index in [2.05, 4.69) is 5.32 Å². The summed E-state index contributed by atoms with van der Waals surface area (Å²) < 4.78 is 5.80. The number of aliphatic hydroxyl groups excluding tert-OH is 1. The van der Waals surface area contributed by atoms with Crippen molar-refractivity contribution < 1.29 is 14.6 Å². The highest BCUT2D eigenvalue weighted by Crippen LogP contribution is 2.57. The molecule has 0 spiro atoms. The molecule has 0 aromatic heterocycles. The molecule has 1 saturated heterocycles. The van der Waals surface area contributed by atoms with Crippen LogP contribution in [0.2, 0.25) is 0 Å². The molecule has 5 nitrogen and oxygen atoms in total. The minimum absolute atomic E-state index is 0.0910. The van der Waals surface area contributed by atoms with E-state index < -0.39 is 5.54 Å². The van der Waals surface area contributed by atoms with Crippen molar-refractivity contribution in [3.8, 4) is 0 Å². The third-order valence-electron chi connectivity index (χ3n) is 5.29. The van der Waals surface area contributed by atoms with E-state index in [0.29, 0.717) is 19.4 Å². The van der Waals surface area contributed by atoms with E-state index in [1.807, 2.05) is 20.8 Å². The molecule has 4 atom stereocenters. The fraction of sp³-hybridized carbons (Fsp3) is 0.933.